The molecule has 2 N–H and O–H groups in total. The topological polar surface area (TPSA) is 76.2 Å². The second-order valence-electron chi connectivity index (χ2n) is 6.86. The molecular weight excluding hydrogens is 393 g/mol. The molecule has 2 aromatic carbocycles. The van der Waals surface area contributed by atoms with Gasteiger partial charge in [-0.15, -0.1) is 11.8 Å². The zero-order chi connectivity index (χ0) is 19.8. The van der Waals surface area contributed by atoms with Crippen molar-refractivity contribution in [2.24, 2.45) is 0 Å². The van der Waals surface area contributed by atoms with Crippen LogP contribution in [0.2, 0.25) is 0 Å². The monoisotopic (exact) mass is 411 g/mol. The third-order valence-electron chi connectivity index (χ3n) is 5.03. The maximum absolute atomic E-state index is 13.7. The van der Waals surface area contributed by atoms with E-state index in [4.69, 9.17) is 9.47 Å². The van der Waals surface area contributed by atoms with Crippen LogP contribution in [0.1, 0.15) is 28.4 Å². The van der Waals surface area contributed by atoms with E-state index in [-0.39, 0.29) is 17.8 Å². The summed E-state index contributed by atoms with van der Waals surface area (Å²) in [6.07, 6.45) is 2.25. The lowest BCUT2D eigenvalue weighted by Gasteiger charge is -2.26. The van der Waals surface area contributed by atoms with Gasteiger partial charge in [-0.25, -0.2) is 4.39 Å². The van der Waals surface area contributed by atoms with E-state index in [0.717, 1.165) is 28.2 Å². The zero-order valence-electron chi connectivity index (χ0n) is 15.4. The Hall–Kier alpha value is -3.00. The number of ether oxygens (including phenoxy) is 2. The SMILES string of the molecule is O=C(NC1CCSc2ccc(F)cc21)c1cn[nH]c1-c1ccc2c(c1)OCCO2. The number of fused-ring (bicyclic) bond motifs is 2. The highest BCUT2D eigenvalue weighted by molar-refractivity contribution is 7.99. The van der Waals surface area contributed by atoms with Crippen molar-refractivity contribution in [2.75, 3.05) is 19.0 Å². The number of H-pyrrole nitrogens is 1. The lowest BCUT2D eigenvalue weighted by Crippen LogP contribution is -2.30. The Kier molecular flexibility index (Phi) is 4.63. The molecule has 2 aliphatic heterocycles. The molecule has 148 valence electrons. The average molecular weight is 411 g/mol. The van der Waals surface area contributed by atoms with E-state index >= 15 is 0 Å². The van der Waals surface area contributed by atoms with Crippen LogP contribution in [0.3, 0.4) is 0 Å². The number of aromatic amines is 1. The fourth-order valence-corrected chi connectivity index (χ4v) is 4.73. The van der Waals surface area contributed by atoms with Crippen molar-refractivity contribution >= 4 is 17.7 Å². The third kappa shape index (κ3) is 3.44. The first-order valence-corrected chi connectivity index (χ1v) is 10.3. The molecule has 0 fully saturated rings. The third-order valence-corrected chi connectivity index (χ3v) is 6.15. The number of amides is 1. The molecule has 0 saturated heterocycles. The first kappa shape index (κ1) is 18.1. The number of thioether (sulfide) groups is 1. The van der Waals surface area contributed by atoms with Gasteiger partial charge in [0, 0.05) is 16.2 Å². The van der Waals surface area contributed by atoms with E-state index in [2.05, 4.69) is 15.5 Å². The number of halogens is 1. The quantitative estimate of drug-likeness (QED) is 0.682. The van der Waals surface area contributed by atoms with Gasteiger partial charge in [0.1, 0.15) is 19.0 Å². The molecule has 3 heterocycles. The maximum Gasteiger partial charge on any atom is 0.255 e. The maximum atomic E-state index is 13.7. The van der Waals surface area contributed by atoms with Crippen molar-refractivity contribution in [3.63, 3.8) is 0 Å². The van der Waals surface area contributed by atoms with Crippen LogP contribution in [-0.4, -0.2) is 35.1 Å². The Balaban J connectivity index is 1.42. The van der Waals surface area contributed by atoms with Gasteiger partial charge < -0.3 is 14.8 Å². The number of rotatable bonds is 3. The molecule has 6 nitrogen and oxygen atoms in total. The van der Waals surface area contributed by atoms with Crippen LogP contribution in [0, 0.1) is 5.82 Å². The van der Waals surface area contributed by atoms with E-state index in [0.29, 0.717) is 36.0 Å². The van der Waals surface area contributed by atoms with Gasteiger partial charge in [-0.05, 0) is 48.4 Å². The Labute approximate surface area is 170 Å². The van der Waals surface area contributed by atoms with Gasteiger partial charge in [0.25, 0.3) is 5.91 Å². The lowest BCUT2D eigenvalue weighted by atomic mass is 10.0. The molecule has 0 bridgehead atoms. The van der Waals surface area contributed by atoms with Gasteiger partial charge in [0.15, 0.2) is 11.5 Å². The van der Waals surface area contributed by atoms with E-state index in [9.17, 15) is 9.18 Å². The van der Waals surface area contributed by atoms with Gasteiger partial charge in [0.2, 0.25) is 0 Å². The predicted molar refractivity (Wildman–Crippen MR) is 107 cm³/mol. The summed E-state index contributed by atoms with van der Waals surface area (Å²) in [7, 11) is 0. The largest absolute Gasteiger partial charge is 0.486 e. The lowest BCUT2D eigenvalue weighted by molar-refractivity contribution is 0.0935. The summed E-state index contributed by atoms with van der Waals surface area (Å²) in [5.74, 6) is 1.64. The van der Waals surface area contributed by atoms with Crippen LogP contribution < -0.4 is 14.8 Å². The molecule has 8 heteroatoms. The van der Waals surface area contributed by atoms with Crippen molar-refractivity contribution < 1.29 is 18.7 Å². The highest BCUT2D eigenvalue weighted by Crippen LogP contribution is 2.37. The Morgan fingerprint density at radius 3 is 2.93 bits per heavy atom. The molecule has 1 atom stereocenters. The minimum Gasteiger partial charge on any atom is -0.486 e. The molecule has 29 heavy (non-hydrogen) atoms. The van der Waals surface area contributed by atoms with Gasteiger partial charge in [-0.3, -0.25) is 9.89 Å². The molecule has 0 spiro atoms. The van der Waals surface area contributed by atoms with Crippen LogP contribution in [0.4, 0.5) is 4.39 Å². The van der Waals surface area contributed by atoms with E-state index < -0.39 is 0 Å². The highest BCUT2D eigenvalue weighted by atomic mass is 32.2. The molecular formula is C21H18FN3O3S. The van der Waals surface area contributed by atoms with E-state index in [1.54, 1.807) is 17.8 Å². The first-order valence-electron chi connectivity index (χ1n) is 9.35. The molecule has 2 aliphatic rings. The molecule has 3 aromatic rings. The molecule has 1 aromatic heterocycles. The summed E-state index contributed by atoms with van der Waals surface area (Å²) < 4.78 is 24.9. The molecule has 0 saturated carbocycles. The number of benzene rings is 2. The van der Waals surface area contributed by atoms with Crippen molar-refractivity contribution in [1.82, 2.24) is 15.5 Å². The number of aromatic nitrogens is 2. The van der Waals surface area contributed by atoms with Crippen LogP contribution in [0.15, 0.2) is 47.5 Å². The summed E-state index contributed by atoms with van der Waals surface area (Å²) >= 11 is 1.68. The van der Waals surface area contributed by atoms with Gasteiger partial charge in [-0.1, -0.05) is 0 Å². The second-order valence-corrected chi connectivity index (χ2v) is 8.00. The summed E-state index contributed by atoms with van der Waals surface area (Å²) in [5.41, 5.74) is 2.63. The molecule has 0 radical (unpaired) electrons. The molecule has 1 unspecified atom stereocenters. The Morgan fingerprint density at radius 2 is 2.03 bits per heavy atom. The Morgan fingerprint density at radius 1 is 1.17 bits per heavy atom. The van der Waals surface area contributed by atoms with E-state index in [1.807, 2.05) is 18.2 Å². The van der Waals surface area contributed by atoms with Crippen molar-refractivity contribution in [3.8, 4) is 22.8 Å². The van der Waals surface area contributed by atoms with Gasteiger partial charge in [0.05, 0.1) is 23.5 Å². The summed E-state index contributed by atoms with van der Waals surface area (Å²) in [6, 6.07) is 10.0. The number of hydrogen-bond donors (Lipinski definition) is 2. The molecule has 1 amide bonds. The standard InChI is InChI=1S/C21H18FN3O3S/c22-13-2-4-19-14(10-13)16(5-8-29-19)24-21(26)15-11-23-25-20(15)12-1-3-17-18(9-12)28-7-6-27-17/h1-4,9-11,16H,5-8H2,(H,23,25)(H,24,26). The zero-order valence-corrected chi connectivity index (χ0v) is 16.2. The number of carbonyl (C=O) groups excluding carboxylic acids is 1. The van der Waals surface area contributed by atoms with E-state index in [1.165, 1.54) is 18.3 Å². The van der Waals surface area contributed by atoms with Crippen molar-refractivity contribution in [3.05, 3.63) is 59.5 Å². The van der Waals surface area contributed by atoms with Crippen LogP contribution in [0.25, 0.3) is 11.3 Å². The molecule has 5 rings (SSSR count). The summed E-state index contributed by atoms with van der Waals surface area (Å²) in [4.78, 5) is 14.0. The fourth-order valence-electron chi connectivity index (χ4n) is 3.63. The second kappa shape index (κ2) is 7.44. The smallest absolute Gasteiger partial charge is 0.255 e. The summed E-state index contributed by atoms with van der Waals surface area (Å²) in [5, 5.41) is 10.0. The molecule has 0 aliphatic carbocycles. The number of carbonyl (C=O) groups is 1. The highest BCUT2D eigenvalue weighted by Gasteiger charge is 2.25. The van der Waals surface area contributed by atoms with Crippen LogP contribution in [-0.2, 0) is 0 Å². The number of hydrogen-bond acceptors (Lipinski definition) is 5. The number of nitrogens with zero attached hydrogens (tertiary/aromatic N) is 1. The average Bonchev–Trinajstić information content (AvgIpc) is 3.24. The van der Waals surface area contributed by atoms with Crippen LogP contribution >= 0.6 is 11.8 Å². The van der Waals surface area contributed by atoms with Crippen LogP contribution in [0.5, 0.6) is 11.5 Å². The fraction of sp³-hybridized carbons (Fsp3) is 0.238. The van der Waals surface area contributed by atoms with Crippen molar-refractivity contribution in [1.29, 1.82) is 0 Å². The summed E-state index contributed by atoms with van der Waals surface area (Å²) in [6.45, 7) is 1.01. The minimum absolute atomic E-state index is 0.238. The predicted octanol–water partition coefficient (Wildman–Crippen LogP) is 3.95. The van der Waals surface area contributed by atoms with Gasteiger partial charge >= 0.3 is 0 Å². The Bertz CT molecular complexity index is 1080. The van der Waals surface area contributed by atoms with Crippen molar-refractivity contribution in [2.45, 2.75) is 17.4 Å². The normalized spacial score (nSPS) is 17.5. The first-order chi connectivity index (χ1) is 14.2. The number of nitrogens with one attached hydrogen (secondary N) is 2. The minimum atomic E-state index is -0.300. The van der Waals surface area contributed by atoms with Gasteiger partial charge in [-0.2, -0.15) is 5.10 Å².